The third-order valence-corrected chi connectivity index (χ3v) is 9.43. The van der Waals surface area contributed by atoms with Gasteiger partial charge in [0.2, 0.25) is 0 Å². The van der Waals surface area contributed by atoms with Gasteiger partial charge >= 0.3 is 13.6 Å². The summed E-state index contributed by atoms with van der Waals surface area (Å²) in [4.78, 5) is 23.6. The van der Waals surface area contributed by atoms with Crippen molar-refractivity contribution in [1.82, 2.24) is 0 Å². The second kappa shape index (κ2) is 12.5. The summed E-state index contributed by atoms with van der Waals surface area (Å²) >= 11 is 0. The Kier molecular flexibility index (Phi) is 11.3. The van der Waals surface area contributed by atoms with Gasteiger partial charge in [-0.15, -0.1) is 0 Å². The van der Waals surface area contributed by atoms with Crippen molar-refractivity contribution in [3.05, 3.63) is 23.8 Å². The standard InChI is InChI=1S/C26H45O6P/c1-19(11-10-18-27)12-14-22-15-13-20(2)26(7,21(22)3)17-16-23(33(29,30-8)31-9)24(28)32-25(4,5)6/h12,18,20,22-23H,3,10-11,13-17H2,1-2,4-9H3/b19-12+/t20-,22-,23+,26+/m0/s1. The summed E-state index contributed by atoms with van der Waals surface area (Å²) in [7, 11) is -1.05. The zero-order chi connectivity index (χ0) is 25.4. The van der Waals surface area contributed by atoms with Crippen LogP contribution in [-0.2, 0) is 27.9 Å². The Morgan fingerprint density at radius 2 is 1.88 bits per heavy atom. The molecule has 1 fully saturated rings. The molecule has 0 aromatic heterocycles. The minimum absolute atomic E-state index is 0.208. The van der Waals surface area contributed by atoms with Gasteiger partial charge in [-0.25, -0.2) is 0 Å². The zero-order valence-electron chi connectivity index (χ0n) is 21.9. The van der Waals surface area contributed by atoms with Crippen molar-refractivity contribution in [3.63, 3.8) is 0 Å². The van der Waals surface area contributed by atoms with E-state index in [0.29, 0.717) is 31.1 Å². The highest BCUT2D eigenvalue weighted by Crippen LogP contribution is 2.57. The summed E-state index contributed by atoms with van der Waals surface area (Å²) < 4.78 is 29.2. The predicted molar refractivity (Wildman–Crippen MR) is 133 cm³/mol. The first-order valence-electron chi connectivity index (χ1n) is 12.0. The van der Waals surface area contributed by atoms with Gasteiger partial charge in [-0.05, 0) is 83.5 Å². The van der Waals surface area contributed by atoms with E-state index in [4.69, 9.17) is 13.8 Å². The number of hydrogen-bond acceptors (Lipinski definition) is 6. The molecule has 7 heteroatoms. The van der Waals surface area contributed by atoms with Crippen LogP contribution in [0.1, 0.15) is 86.5 Å². The van der Waals surface area contributed by atoms with E-state index in [0.717, 1.165) is 32.0 Å². The Morgan fingerprint density at radius 1 is 1.27 bits per heavy atom. The summed E-state index contributed by atoms with van der Waals surface area (Å²) in [5.41, 5.74) is 0.496. The fraction of sp³-hybridized carbons (Fsp3) is 0.769. The lowest BCUT2D eigenvalue weighted by Gasteiger charge is -2.46. The predicted octanol–water partition coefficient (Wildman–Crippen LogP) is 6.89. The maximum Gasteiger partial charge on any atom is 0.344 e. The maximum atomic E-state index is 13.2. The largest absolute Gasteiger partial charge is 0.459 e. The van der Waals surface area contributed by atoms with Gasteiger partial charge in [-0.3, -0.25) is 9.36 Å². The van der Waals surface area contributed by atoms with E-state index in [1.807, 2.05) is 0 Å². The van der Waals surface area contributed by atoms with Gasteiger partial charge in [0, 0.05) is 20.6 Å². The topological polar surface area (TPSA) is 78.9 Å². The number of carbonyl (C=O) groups excluding carboxylic acids is 2. The third kappa shape index (κ3) is 8.19. The molecule has 1 saturated carbocycles. The quantitative estimate of drug-likeness (QED) is 0.130. The number of rotatable bonds is 12. The molecule has 33 heavy (non-hydrogen) atoms. The second-order valence-electron chi connectivity index (χ2n) is 10.6. The van der Waals surface area contributed by atoms with Gasteiger partial charge in [-0.1, -0.05) is 37.6 Å². The van der Waals surface area contributed by atoms with Gasteiger partial charge in [0.05, 0.1) is 0 Å². The van der Waals surface area contributed by atoms with Gasteiger partial charge in [0.1, 0.15) is 11.9 Å². The van der Waals surface area contributed by atoms with Gasteiger partial charge < -0.3 is 18.6 Å². The van der Waals surface area contributed by atoms with Crippen LogP contribution in [0.5, 0.6) is 0 Å². The molecular formula is C26H45O6P. The molecule has 0 saturated heterocycles. The molecule has 0 N–H and O–H groups in total. The van der Waals surface area contributed by atoms with E-state index < -0.39 is 24.8 Å². The van der Waals surface area contributed by atoms with Crippen molar-refractivity contribution in [1.29, 1.82) is 0 Å². The van der Waals surface area contributed by atoms with Crippen molar-refractivity contribution in [2.75, 3.05) is 14.2 Å². The summed E-state index contributed by atoms with van der Waals surface area (Å²) in [6.07, 6.45) is 8.51. The van der Waals surface area contributed by atoms with Crippen molar-refractivity contribution < 1.29 is 27.9 Å². The maximum absolute atomic E-state index is 13.2. The number of hydrogen-bond donors (Lipinski definition) is 0. The first kappa shape index (κ1) is 29.8. The summed E-state index contributed by atoms with van der Waals surface area (Å²) in [5, 5.41) is 0. The van der Waals surface area contributed by atoms with E-state index in [2.05, 4.69) is 33.4 Å². The molecule has 0 radical (unpaired) electrons. The lowest BCUT2D eigenvalue weighted by molar-refractivity contribution is -0.155. The molecular weight excluding hydrogens is 439 g/mol. The monoisotopic (exact) mass is 484 g/mol. The number of ether oxygens (including phenoxy) is 1. The first-order chi connectivity index (χ1) is 15.2. The van der Waals surface area contributed by atoms with Crippen LogP contribution in [0.25, 0.3) is 0 Å². The van der Waals surface area contributed by atoms with Crippen LogP contribution in [0.2, 0.25) is 0 Å². The fourth-order valence-electron chi connectivity index (χ4n) is 4.67. The molecule has 4 atom stereocenters. The van der Waals surface area contributed by atoms with Crippen LogP contribution in [0.4, 0.5) is 0 Å². The van der Waals surface area contributed by atoms with Crippen LogP contribution in [0.15, 0.2) is 23.8 Å². The SMILES string of the molecule is C=C1[C@@H](C/C=C(\C)CCC=O)CC[C@H](C)[C@@]1(C)CC[C@H](C(=O)OC(C)(C)C)P(=O)(OC)OC. The Balaban J connectivity index is 3.07. The van der Waals surface area contributed by atoms with E-state index >= 15 is 0 Å². The van der Waals surface area contributed by atoms with Crippen LogP contribution in [-0.4, -0.2) is 37.7 Å². The number of esters is 1. The van der Waals surface area contributed by atoms with Crippen LogP contribution < -0.4 is 0 Å². The van der Waals surface area contributed by atoms with E-state index in [9.17, 15) is 14.2 Å². The lowest BCUT2D eigenvalue weighted by Crippen LogP contribution is -2.38. The molecule has 1 aliphatic carbocycles. The summed E-state index contributed by atoms with van der Waals surface area (Å²) in [6, 6.07) is 0. The van der Waals surface area contributed by atoms with Crippen molar-refractivity contribution in [2.24, 2.45) is 17.3 Å². The van der Waals surface area contributed by atoms with Crippen molar-refractivity contribution in [3.8, 4) is 0 Å². The number of aldehydes is 1. The Labute approximate surface area is 201 Å². The zero-order valence-corrected chi connectivity index (χ0v) is 22.8. The highest BCUT2D eigenvalue weighted by atomic mass is 31.2. The van der Waals surface area contributed by atoms with Crippen molar-refractivity contribution in [2.45, 2.75) is 97.7 Å². The lowest BCUT2D eigenvalue weighted by atomic mass is 9.59. The average molecular weight is 485 g/mol. The van der Waals surface area contributed by atoms with Gasteiger partial charge in [0.25, 0.3) is 0 Å². The molecule has 6 nitrogen and oxygen atoms in total. The third-order valence-electron chi connectivity index (χ3n) is 7.18. The van der Waals surface area contributed by atoms with Crippen molar-refractivity contribution >= 4 is 19.9 Å². The molecule has 0 spiro atoms. The minimum atomic E-state index is -3.66. The highest BCUT2D eigenvalue weighted by Gasteiger charge is 2.46. The molecule has 0 aromatic rings. The van der Waals surface area contributed by atoms with Crippen LogP contribution in [0.3, 0.4) is 0 Å². The summed E-state index contributed by atoms with van der Waals surface area (Å²) in [6.45, 7) is 16.3. The Hall–Kier alpha value is -1.23. The molecule has 0 unspecified atom stereocenters. The second-order valence-corrected chi connectivity index (χ2v) is 13.0. The number of carbonyl (C=O) groups is 2. The molecule has 1 aliphatic rings. The molecule has 0 aromatic carbocycles. The average Bonchev–Trinajstić information content (AvgIpc) is 2.74. The van der Waals surface area contributed by atoms with Gasteiger partial charge in [0.15, 0.2) is 5.66 Å². The smallest absolute Gasteiger partial charge is 0.344 e. The Bertz CT molecular complexity index is 757. The van der Waals surface area contributed by atoms with Crippen LogP contribution in [0, 0.1) is 17.3 Å². The molecule has 0 heterocycles. The number of allylic oxidation sites excluding steroid dienone is 3. The molecule has 1 rings (SSSR count). The molecule has 0 amide bonds. The molecule has 0 bridgehead atoms. The highest BCUT2D eigenvalue weighted by molar-refractivity contribution is 7.55. The molecule has 0 aliphatic heterocycles. The minimum Gasteiger partial charge on any atom is -0.459 e. The van der Waals surface area contributed by atoms with Gasteiger partial charge in [-0.2, -0.15) is 0 Å². The van der Waals surface area contributed by atoms with Crippen LogP contribution >= 0.6 is 7.60 Å². The fourth-order valence-corrected chi connectivity index (χ4v) is 6.08. The van der Waals surface area contributed by atoms with E-state index in [-0.39, 0.29) is 5.41 Å². The Morgan fingerprint density at radius 3 is 2.39 bits per heavy atom. The molecule has 190 valence electrons. The van der Waals surface area contributed by atoms with E-state index in [1.165, 1.54) is 25.4 Å². The first-order valence-corrected chi connectivity index (χ1v) is 13.6. The van der Waals surface area contributed by atoms with E-state index in [1.54, 1.807) is 20.8 Å². The normalized spacial score (nSPS) is 25.6. The summed E-state index contributed by atoms with van der Waals surface area (Å²) in [5.74, 6) is 0.164.